The molecule has 3 N–H and O–H groups in total. The number of nitrogens with two attached hydrogens (primary N) is 1. The van der Waals surface area contributed by atoms with Gasteiger partial charge in [-0.15, -0.1) is 0 Å². The second-order valence-electron chi connectivity index (χ2n) is 7.33. The van der Waals surface area contributed by atoms with Crippen molar-refractivity contribution in [2.24, 2.45) is 0 Å². The number of nitrogens with zero attached hydrogens (tertiary/aromatic N) is 2. The maximum absolute atomic E-state index is 13.5. The SMILES string of the molecule is Nc1ccc(-c2cnc(NC(=O)Cc3ccc(F)c(F)c3)c(C=Cc3ccccc3)n2)cc1. The van der Waals surface area contributed by atoms with E-state index < -0.39 is 17.5 Å². The number of hydrogen-bond donors (Lipinski definition) is 2. The van der Waals surface area contributed by atoms with Crippen molar-refractivity contribution in [3.05, 3.63) is 107 Å². The zero-order valence-corrected chi connectivity index (χ0v) is 17.5. The van der Waals surface area contributed by atoms with E-state index in [9.17, 15) is 13.6 Å². The molecule has 3 aromatic carbocycles. The summed E-state index contributed by atoms with van der Waals surface area (Å²) in [5.74, 6) is -2.13. The minimum atomic E-state index is -1.00. The summed E-state index contributed by atoms with van der Waals surface area (Å²) in [4.78, 5) is 21.6. The van der Waals surface area contributed by atoms with Gasteiger partial charge in [0.2, 0.25) is 5.91 Å². The van der Waals surface area contributed by atoms with Crippen molar-refractivity contribution >= 4 is 29.6 Å². The Balaban J connectivity index is 1.62. The number of aromatic nitrogens is 2. The Morgan fingerprint density at radius 1 is 0.939 bits per heavy atom. The number of carbonyl (C=O) groups excluding carboxylic acids is 1. The van der Waals surface area contributed by atoms with E-state index in [0.717, 1.165) is 23.3 Å². The average molecular weight is 442 g/mol. The Morgan fingerprint density at radius 2 is 1.70 bits per heavy atom. The maximum atomic E-state index is 13.5. The molecule has 164 valence electrons. The summed E-state index contributed by atoms with van der Waals surface area (Å²) >= 11 is 0. The number of benzene rings is 3. The van der Waals surface area contributed by atoms with Gasteiger partial charge in [0, 0.05) is 11.3 Å². The summed E-state index contributed by atoms with van der Waals surface area (Å²) < 4.78 is 26.6. The number of anilines is 2. The first-order valence-corrected chi connectivity index (χ1v) is 10.2. The number of halogens is 2. The normalized spacial score (nSPS) is 11.0. The molecule has 0 aliphatic carbocycles. The van der Waals surface area contributed by atoms with Crippen LogP contribution in [-0.2, 0) is 11.2 Å². The van der Waals surface area contributed by atoms with Crippen molar-refractivity contribution in [1.82, 2.24) is 9.97 Å². The van der Waals surface area contributed by atoms with Crippen molar-refractivity contribution in [3.8, 4) is 11.3 Å². The van der Waals surface area contributed by atoms with Crippen LogP contribution in [0.15, 0.2) is 79.0 Å². The van der Waals surface area contributed by atoms with Gasteiger partial charge in [0.1, 0.15) is 5.69 Å². The van der Waals surface area contributed by atoms with Crippen LogP contribution in [0.3, 0.4) is 0 Å². The van der Waals surface area contributed by atoms with Gasteiger partial charge >= 0.3 is 0 Å². The summed E-state index contributed by atoms with van der Waals surface area (Å²) in [6.07, 6.45) is 5.04. The highest BCUT2D eigenvalue weighted by Gasteiger charge is 2.12. The van der Waals surface area contributed by atoms with Crippen molar-refractivity contribution in [3.63, 3.8) is 0 Å². The van der Waals surface area contributed by atoms with Gasteiger partial charge in [0.15, 0.2) is 17.5 Å². The molecule has 0 fully saturated rings. The molecule has 0 unspecified atom stereocenters. The van der Waals surface area contributed by atoms with E-state index in [-0.39, 0.29) is 12.2 Å². The van der Waals surface area contributed by atoms with Crippen LogP contribution in [0.25, 0.3) is 23.4 Å². The molecular formula is C26H20F2N4O. The highest BCUT2D eigenvalue weighted by atomic mass is 19.2. The minimum Gasteiger partial charge on any atom is -0.399 e. The third-order valence-corrected chi connectivity index (χ3v) is 4.85. The number of amides is 1. The standard InChI is InChI=1S/C26H20F2N4O/c27-21-12-6-18(14-22(21)28)15-25(33)32-26-23(13-7-17-4-2-1-3-5-17)31-24(16-30-26)19-8-10-20(29)11-9-19/h1-14,16H,15,29H2,(H,30,32,33). The largest absolute Gasteiger partial charge is 0.399 e. The van der Waals surface area contributed by atoms with Crippen LogP contribution < -0.4 is 11.1 Å². The summed E-state index contributed by atoms with van der Waals surface area (Å²) in [7, 11) is 0. The molecule has 1 heterocycles. The third-order valence-electron chi connectivity index (χ3n) is 4.85. The highest BCUT2D eigenvalue weighted by Crippen LogP contribution is 2.22. The molecule has 1 amide bonds. The van der Waals surface area contributed by atoms with Crippen molar-refractivity contribution in [2.45, 2.75) is 6.42 Å². The predicted molar refractivity (Wildman–Crippen MR) is 126 cm³/mol. The van der Waals surface area contributed by atoms with E-state index in [2.05, 4.69) is 15.3 Å². The van der Waals surface area contributed by atoms with Gasteiger partial charge in [0.05, 0.1) is 18.3 Å². The fourth-order valence-corrected chi connectivity index (χ4v) is 3.16. The van der Waals surface area contributed by atoms with E-state index in [4.69, 9.17) is 5.73 Å². The van der Waals surface area contributed by atoms with Crippen LogP contribution in [0.2, 0.25) is 0 Å². The van der Waals surface area contributed by atoms with Crippen LogP contribution in [0.4, 0.5) is 20.3 Å². The summed E-state index contributed by atoms with van der Waals surface area (Å²) in [6.45, 7) is 0. The first kappa shape index (κ1) is 21.8. The van der Waals surface area contributed by atoms with E-state index in [0.29, 0.717) is 22.6 Å². The van der Waals surface area contributed by atoms with Crippen molar-refractivity contribution < 1.29 is 13.6 Å². The first-order chi connectivity index (χ1) is 16.0. The van der Waals surface area contributed by atoms with Crippen molar-refractivity contribution in [2.75, 3.05) is 11.1 Å². The Hall–Kier alpha value is -4.39. The fraction of sp³-hybridized carbons (Fsp3) is 0.0385. The molecule has 0 aliphatic rings. The van der Waals surface area contributed by atoms with Gasteiger partial charge in [-0.3, -0.25) is 4.79 Å². The molecule has 0 aliphatic heterocycles. The molecule has 7 heteroatoms. The molecule has 0 atom stereocenters. The molecule has 4 rings (SSSR count). The molecule has 33 heavy (non-hydrogen) atoms. The molecule has 4 aromatic rings. The van der Waals surface area contributed by atoms with Gasteiger partial charge in [-0.05, 0) is 41.5 Å². The Kier molecular flexibility index (Phi) is 6.50. The zero-order valence-electron chi connectivity index (χ0n) is 17.5. The first-order valence-electron chi connectivity index (χ1n) is 10.2. The third kappa shape index (κ3) is 5.65. The van der Waals surface area contributed by atoms with E-state index in [1.54, 1.807) is 24.4 Å². The topological polar surface area (TPSA) is 80.9 Å². The van der Waals surface area contributed by atoms with Crippen LogP contribution in [-0.4, -0.2) is 15.9 Å². The number of carbonyl (C=O) groups is 1. The summed E-state index contributed by atoms with van der Waals surface area (Å²) in [6, 6.07) is 20.2. The summed E-state index contributed by atoms with van der Waals surface area (Å²) in [5, 5.41) is 2.72. The van der Waals surface area contributed by atoms with Gasteiger partial charge in [-0.1, -0.05) is 54.6 Å². The molecular weight excluding hydrogens is 422 g/mol. The van der Waals surface area contributed by atoms with Crippen LogP contribution in [0, 0.1) is 11.6 Å². The zero-order chi connectivity index (χ0) is 23.2. The Labute approximate surface area is 189 Å². The number of hydrogen-bond acceptors (Lipinski definition) is 4. The molecule has 0 saturated carbocycles. The van der Waals surface area contributed by atoms with E-state index in [1.807, 2.05) is 48.5 Å². The fourth-order valence-electron chi connectivity index (χ4n) is 3.16. The second kappa shape index (κ2) is 9.82. The molecule has 0 saturated heterocycles. The summed E-state index contributed by atoms with van der Waals surface area (Å²) in [5.41, 5.74) is 9.59. The molecule has 0 radical (unpaired) electrons. The van der Waals surface area contributed by atoms with E-state index in [1.165, 1.54) is 6.07 Å². The lowest BCUT2D eigenvalue weighted by molar-refractivity contribution is -0.115. The van der Waals surface area contributed by atoms with Gasteiger partial charge in [-0.25, -0.2) is 18.7 Å². The molecule has 5 nitrogen and oxygen atoms in total. The second-order valence-corrected chi connectivity index (χ2v) is 7.33. The Bertz CT molecular complexity index is 1310. The number of nitrogen functional groups attached to an aromatic ring is 1. The monoisotopic (exact) mass is 442 g/mol. The maximum Gasteiger partial charge on any atom is 0.230 e. The Morgan fingerprint density at radius 3 is 2.42 bits per heavy atom. The number of nitrogens with one attached hydrogen (secondary N) is 1. The van der Waals surface area contributed by atoms with Crippen LogP contribution in [0.5, 0.6) is 0 Å². The predicted octanol–water partition coefficient (Wildman–Crippen LogP) is 5.36. The minimum absolute atomic E-state index is 0.138. The van der Waals surface area contributed by atoms with Gasteiger partial charge in [-0.2, -0.15) is 0 Å². The van der Waals surface area contributed by atoms with Crippen molar-refractivity contribution in [1.29, 1.82) is 0 Å². The highest BCUT2D eigenvalue weighted by molar-refractivity contribution is 5.93. The van der Waals surface area contributed by atoms with Crippen LogP contribution >= 0.6 is 0 Å². The molecule has 0 bridgehead atoms. The lowest BCUT2D eigenvalue weighted by Crippen LogP contribution is -2.17. The lowest BCUT2D eigenvalue weighted by atomic mass is 10.1. The molecule has 0 spiro atoms. The smallest absolute Gasteiger partial charge is 0.230 e. The van der Waals surface area contributed by atoms with Gasteiger partial charge in [0.25, 0.3) is 0 Å². The van der Waals surface area contributed by atoms with Gasteiger partial charge < -0.3 is 11.1 Å². The van der Waals surface area contributed by atoms with Crippen LogP contribution in [0.1, 0.15) is 16.8 Å². The quantitative estimate of drug-likeness (QED) is 0.394. The average Bonchev–Trinajstić information content (AvgIpc) is 2.82. The molecule has 1 aromatic heterocycles. The van der Waals surface area contributed by atoms with E-state index >= 15 is 0 Å². The number of rotatable bonds is 6. The lowest BCUT2D eigenvalue weighted by Gasteiger charge is -2.10.